The van der Waals surface area contributed by atoms with Crippen LogP contribution in [0.25, 0.3) is 0 Å². The van der Waals surface area contributed by atoms with Gasteiger partial charge in [-0.05, 0) is 23.0 Å². The third-order valence-electron chi connectivity index (χ3n) is 3.79. The van der Waals surface area contributed by atoms with Crippen molar-refractivity contribution in [3.05, 3.63) is 29.8 Å². The normalized spacial score (nSPS) is 22.2. The van der Waals surface area contributed by atoms with E-state index in [1.165, 1.54) is 10.5 Å². The van der Waals surface area contributed by atoms with E-state index in [0.29, 0.717) is 0 Å². The second-order valence-corrected chi connectivity index (χ2v) is 7.54. The number of hydrogen-bond donors (Lipinski definition) is 1. The quantitative estimate of drug-likeness (QED) is 0.869. The van der Waals surface area contributed by atoms with E-state index in [0.717, 1.165) is 6.42 Å². The summed E-state index contributed by atoms with van der Waals surface area (Å²) in [5.41, 5.74) is 7.03. The highest BCUT2D eigenvalue weighted by Crippen LogP contribution is 2.45. The van der Waals surface area contributed by atoms with E-state index >= 15 is 0 Å². The van der Waals surface area contributed by atoms with Crippen molar-refractivity contribution in [1.29, 1.82) is 0 Å². The predicted octanol–water partition coefficient (Wildman–Crippen LogP) is 3.31. The Morgan fingerprint density at radius 3 is 2.70 bits per heavy atom. The molecule has 3 nitrogen and oxygen atoms in total. The maximum absolute atomic E-state index is 12.0. The number of rotatable bonds is 3. The third-order valence-corrected chi connectivity index (χ3v) is 4.93. The van der Waals surface area contributed by atoms with E-state index in [-0.39, 0.29) is 22.7 Å². The molecule has 4 heteroatoms. The number of esters is 1. The molecule has 1 unspecified atom stereocenters. The van der Waals surface area contributed by atoms with Crippen LogP contribution in [-0.2, 0) is 14.9 Å². The highest BCUT2D eigenvalue weighted by Gasteiger charge is 2.36. The van der Waals surface area contributed by atoms with Gasteiger partial charge in [0.25, 0.3) is 0 Å². The van der Waals surface area contributed by atoms with Crippen molar-refractivity contribution in [1.82, 2.24) is 0 Å². The topological polar surface area (TPSA) is 52.3 Å². The van der Waals surface area contributed by atoms with Crippen molar-refractivity contribution >= 4 is 17.7 Å². The van der Waals surface area contributed by atoms with Crippen LogP contribution in [0.5, 0.6) is 0 Å². The Bertz CT molecular complexity index is 499. The van der Waals surface area contributed by atoms with Crippen LogP contribution in [0.15, 0.2) is 29.2 Å². The number of carbonyl (C=O) groups excluding carboxylic acids is 1. The minimum absolute atomic E-state index is 0.00865. The van der Waals surface area contributed by atoms with Gasteiger partial charge >= 0.3 is 5.97 Å². The largest absolute Gasteiger partial charge is 0.450 e. The Labute approximate surface area is 125 Å². The Hall–Kier alpha value is -1.00. The van der Waals surface area contributed by atoms with Gasteiger partial charge in [-0.3, -0.25) is 4.79 Å². The summed E-state index contributed by atoms with van der Waals surface area (Å²) in [6.45, 7) is 8.24. The summed E-state index contributed by atoms with van der Waals surface area (Å²) in [6.07, 6.45) is 0.811. The minimum atomic E-state index is -0.545. The summed E-state index contributed by atoms with van der Waals surface area (Å²) in [5.74, 6) is -0.205. The molecular weight excluding hydrogens is 270 g/mol. The van der Waals surface area contributed by atoms with Crippen LogP contribution in [0, 0.1) is 5.92 Å². The molecule has 110 valence electrons. The van der Waals surface area contributed by atoms with Crippen molar-refractivity contribution in [3.8, 4) is 0 Å². The van der Waals surface area contributed by atoms with E-state index in [4.69, 9.17) is 10.5 Å². The molecule has 2 rings (SSSR count). The maximum atomic E-state index is 12.0. The van der Waals surface area contributed by atoms with Crippen molar-refractivity contribution in [3.63, 3.8) is 0 Å². The lowest BCUT2D eigenvalue weighted by Gasteiger charge is -2.36. The van der Waals surface area contributed by atoms with Crippen LogP contribution in [0.4, 0.5) is 0 Å². The first-order chi connectivity index (χ1) is 9.31. The molecule has 1 heterocycles. The Morgan fingerprint density at radius 2 is 2.05 bits per heavy atom. The molecule has 0 aliphatic carbocycles. The zero-order valence-corrected chi connectivity index (χ0v) is 13.4. The predicted molar refractivity (Wildman–Crippen MR) is 82.6 cm³/mol. The first kappa shape index (κ1) is 15.4. The zero-order valence-electron chi connectivity index (χ0n) is 12.6. The second kappa shape index (κ2) is 5.78. The minimum Gasteiger partial charge on any atom is -0.450 e. The van der Waals surface area contributed by atoms with Gasteiger partial charge in [0, 0.05) is 11.3 Å². The number of nitrogens with two attached hydrogens (primary N) is 1. The van der Waals surface area contributed by atoms with E-state index in [1.54, 1.807) is 11.8 Å². The van der Waals surface area contributed by atoms with Crippen LogP contribution in [0.3, 0.4) is 0 Å². The molecule has 1 aliphatic rings. The van der Waals surface area contributed by atoms with E-state index in [1.807, 2.05) is 19.9 Å². The molecular formula is C16H23NO2S. The van der Waals surface area contributed by atoms with Crippen LogP contribution in [0.2, 0.25) is 0 Å². The number of benzene rings is 1. The SMILES string of the molecule is CC(C)[C@H](N)C(=O)OC1CC(C)(C)c2ccccc2S1. The molecule has 2 N–H and O–H groups in total. The van der Waals surface area contributed by atoms with Gasteiger partial charge in [-0.2, -0.15) is 0 Å². The summed E-state index contributed by atoms with van der Waals surface area (Å²) >= 11 is 1.62. The molecule has 0 amide bonds. The molecule has 0 aromatic heterocycles. The lowest BCUT2D eigenvalue weighted by molar-refractivity contribution is -0.148. The molecule has 1 aromatic carbocycles. The van der Waals surface area contributed by atoms with Crippen LogP contribution >= 0.6 is 11.8 Å². The van der Waals surface area contributed by atoms with Gasteiger partial charge < -0.3 is 10.5 Å². The zero-order chi connectivity index (χ0) is 14.9. The first-order valence-corrected chi connectivity index (χ1v) is 7.91. The van der Waals surface area contributed by atoms with Crippen LogP contribution in [0.1, 0.15) is 39.7 Å². The molecule has 0 bridgehead atoms. The highest BCUT2D eigenvalue weighted by atomic mass is 32.2. The first-order valence-electron chi connectivity index (χ1n) is 7.03. The lowest BCUT2D eigenvalue weighted by Crippen LogP contribution is -2.40. The van der Waals surface area contributed by atoms with Gasteiger partial charge in [0.05, 0.1) is 0 Å². The molecule has 1 aliphatic heterocycles. The third kappa shape index (κ3) is 3.18. The molecule has 20 heavy (non-hydrogen) atoms. The average molecular weight is 293 g/mol. The molecule has 0 saturated heterocycles. The van der Waals surface area contributed by atoms with Gasteiger partial charge in [0.15, 0.2) is 5.44 Å². The number of fused-ring (bicyclic) bond motifs is 1. The number of hydrogen-bond acceptors (Lipinski definition) is 4. The maximum Gasteiger partial charge on any atom is 0.324 e. The molecule has 0 saturated carbocycles. The average Bonchev–Trinajstić information content (AvgIpc) is 2.36. The number of carbonyl (C=O) groups is 1. The Morgan fingerprint density at radius 1 is 1.40 bits per heavy atom. The molecule has 0 radical (unpaired) electrons. The van der Waals surface area contributed by atoms with Crippen molar-refractivity contribution in [2.75, 3.05) is 0 Å². The van der Waals surface area contributed by atoms with Crippen LogP contribution in [-0.4, -0.2) is 17.4 Å². The van der Waals surface area contributed by atoms with E-state index < -0.39 is 6.04 Å². The number of ether oxygens (including phenoxy) is 1. The van der Waals surface area contributed by atoms with Gasteiger partial charge in [-0.1, -0.05) is 57.7 Å². The molecule has 0 spiro atoms. The van der Waals surface area contributed by atoms with Gasteiger partial charge in [0.2, 0.25) is 0 Å². The highest BCUT2D eigenvalue weighted by molar-refractivity contribution is 7.99. The van der Waals surface area contributed by atoms with Crippen LogP contribution < -0.4 is 5.73 Å². The Balaban J connectivity index is 2.12. The van der Waals surface area contributed by atoms with Crippen molar-refractivity contribution in [2.24, 2.45) is 11.7 Å². The van der Waals surface area contributed by atoms with Crippen molar-refractivity contribution < 1.29 is 9.53 Å². The summed E-state index contributed by atoms with van der Waals surface area (Å²) in [5, 5.41) is 0. The molecule has 2 atom stereocenters. The monoisotopic (exact) mass is 293 g/mol. The molecule has 0 fully saturated rings. The smallest absolute Gasteiger partial charge is 0.324 e. The van der Waals surface area contributed by atoms with Gasteiger partial charge in [-0.25, -0.2) is 0 Å². The fourth-order valence-corrected chi connectivity index (χ4v) is 3.94. The van der Waals surface area contributed by atoms with Gasteiger partial charge in [-0.15, -0.1) is 0 Å². The fraction of sp³-hybridized carbons (Fsp3) is 0.562. The fourth-order valence-electron chi connectivity index (χ4n) is 2.38. The lowest BCUT2D eigenvalue weighted by atomic mass is 9.81. The Kier molecular flexibility index (Phi) is 4.45. The summed E-state index contributed by atoms with van der Waals surface area (Å²) in [7, 11) is 0. The summed E-state index contributed by atoms with van der Waals surface area (Å²) in [4.78, 5) is 13.2. The van der Waals surface area contributed by atoms with Gasteiger partial charge in [0.1, 0.15) is 6.04 Å². The van der Waals surface area contributed by atoms with E-state index in [2.05, 4.69) is 32.0 Å². The van der Waals surface area contributed by atoms with Crippen molar-refractivity contribution in [2.45, 2.75) is 55.9 Å². The number of thioether (sulfide) groups is 1. The second-order valence-electron chi connectivity index (χ2n) is 6.34. The summed E-state index contributed by atoms with van der Waals surface area (Å²) < 4.78 is 5.61. The molecule has 1 aromatic rings. The standard InChI is InChI=1S/C16H23NO2S/c1-10(2)14(17)15(18)19-13-9-16(3,4)11-7-5-6-8-12(11)20-13/h5-8,10,13-14H,9,17H2,1-4H3/t13?,14-/m0/s1. The summed E-state index contributed by atoms with van der Waals surface area (Å²) in [6, 6.07) is 7.77. The van der Waals surface area contributed by atoms with E-state index in [9.17, 15) is 4.79 Å².